The van der Waals surface area contributed by atoms with Gasteiger partial charge in [0.1, 0.15) is 5.76 Å². The van der Waals surface area contributed by atoms with Crippen molar-refractivity contribution < 1.29 is 9.21 Å². The van der Waals surface area contributed by atoms with Crippen molar-refractivity contribution in [3.8, 4) is 11.1 Å². The fourth-order valence-electron chi connectivity index (χ4n) is 3.40. The first kappa shape index (κ1) is 19.5. The molecule has 4 aromatic rings. The minimum atomic E-state index is -0.153. The largest absolute Gasteiger partial charge is 0.465 e. The van der Waals surface area contributed by atoms with Gasteiger partial charge in [-0.1, -0.05) is 84.9 Å². The molecule has 1 aromatic heterocycles. The van der Waals surface area contributed by atoms with Crippen molar-refractivity contribution in [3.05, 3.63) is 126 Å². The minimum Gasteiger partial charge on any atom is -0.465 e. The first-order valence-electron chi connectivity index (χ1n) is 9.99. The van der Waals surface area contributed by atoms with E-state index in [9.17, 15) is 4.79 Å². The molecule has 1 N–H and O–H groups in total. The Morgan fingerprint density at radius 3 is 2.13 bits per heavy atom. The van der Waals surface area contributed by atoms with Gasteiger partial charge in [0.25, 0.3) is 0 Å². The van der Waals surface area contributed by atoms with Crippen LogP contribution in [-0.4, -0.2) is 5.91 Å². The SMILES string of the molecule is O=C(/C=C/c1ccco1)N[C@H](Cc1ccccc1)c1ccc(-c2ccccc2)cc1. The Kier molecular flexibility index (Phi) is 6.21. The van der Waals surface area contributed by atoms with Gasteiger partial charge in [-0.25, -0.2) is 0 Å². The topological polar surface area (TPSA) is 42.2 Å². The third-order valence-electron chi connectivity index (χ3n) is 4.96. The summed E-state index contributed by atoms with van der Waals surface area (Å²) in [4.78, 5) is 12.6. The van der Waals surface area contributed by atoms with Crippen LogP contribution >= 0.6 is 0 Å². The smallest absolute Gasteiger partial charge is 0.244 e. The minimum absolute atomic E-state index is 0.133. The lowest BCUT2D eigenvalue weighted by atomic mass is 9.96. The quantitative estimate of drug-likeness (QED) is 0.388. The lowest BCUT2D eigenvalue weighted by Gasteiger charge is -2.19. The molecular weight excluding hydrogens is 370 g/mol. The molecular formula is C27H23NO2. The Morgan fingerprint density at radius 2 is 1.47 bits per heavy atom. The van der Waals surface area contributed by atoms with Gasteiger partial charge in [0.05, 0.1) is 12.3 Å². The van der Waals surface area contributed by atoms with Gasteiger partial charge in [-0.3, -0.25) is 4.79 Å². The van der Waals surface area contributed by atoms with E-state index in [0.717, 1.165) is 11.1 Å². The molecule has 4 rings (SSSR count). The van der Waals surface area contributed by atoms with Crippen LogP contribution in [0.2, 0.25) is 0 Å². The summed E-state index contributed by atoms with van der Waals surface area (Å²) < 4.78 is 5.26. The zero-order valence-corrected chi connectivity index (χ0v) is 16.6. The second-order valence-electron chi connectivity index (χ2n) is 7.09. The summed E-state index contributed by atoms with van der Waals surface area (Å²) in [6.45, 7) is 0. The van der Waals surface area contributed by atoms with Crippen molar-refractivity contribution in [2.45, 2.75) is 12.5 Å². The molecule has 3 aromatic carbocycles. The van der Waals surface area contributed by atoms with E-state index in [1.807, 2.05) is 42.5 Å². The number of nitrogens with one attached hydrogen (secondary N) is 1. The predicted molar refractivity (Wildman–Crippen MR) is 121 cm³/mol. The van der Waals surface area contributed by atoms with Crippen LogP contribution in [0.5, 0.6) is 0 Å². The van der Waals surface area contributed by atoms with E-state index in [0.29, 0.717) is 12.2 Å². The molecule has 3 heteroatoms. The van der Waals surface area contributed by atoms with Crippen LogP contribution in [0.4, 0.5) is 0 Å². The number of hydrogen-bond acceptors (Lipinski definition) is 2. The van der Waals surface area contributed by atoms with Crippen LogP contribution in [0.15, 0.2) is 114 Å². The van der Waals surface area contributed by atoms with Crippen LogP contribution < -0.4 is 5.32 Å². The first-order chi connectivity index (χ1) is 14.8. The van der Waals surface area contributed by atoms with Gasteiger partial charge < -0.3 is 9.73 Å². The maximum atomic E-state index is 12.6. The molecule has 0 aliphatic rings. The molecule has 0 unspecified atom stereocenters. The number of rotatable bonds is 7. The number of carbonyl (C=O) groups is 1. The summed E-state index contributed by atoms with van der Waals surface area (Å²) in [6.07, 6.45) is 5.48. The second-order valence-corrected chi connectivity index (χ2v) is 7.09. The summed E-state index contributed by atoms with van der Waals surface area (Å²) in [7, 11) is 0. The molecule has 0 aliphatic carbocycles. The highest BCUT2D eigenvalue weighted by Gasteiger charge is 2.14. The van der Waals surface area contributed by atoms with Gasteiger partial charge in [-0.15, -0.1) is 0 Å². The van der Waals surface area contributed by atoms with Crippen molar-refractivity contribution in [2.75, 3.05) is 0 Å². The van der Waals surface area contributed by atoms with E-state index in [-0.39, 0.29) is 11.9 Å². The number of furan rings is 1. The summed E-state index contributed by atoms with van der Waals surface area (Å²) in [6, 6.07) is 32.3. The van der Waals surface area contributed by atoms with Crippen molar-refractivity contribution in [3.63, 3.8) is 0 Å². The Hall–Kier alpha value is -3.85. The third kappa shape index (κ3) is 5.15. The van der Waals surface area contributed by atoms with Crippen molar-refractivity contribution in [1.29, 1.82) is 0 Å². The van der Waals surface area contributed by atoms with Gasteiger partial charge in [-0.2, -0.15) is 0 Å². The van der Waals surface area contributed by atoms with Crippen molar-refractivity contribution in [1.82, 2.24) is 5.32 Å². The molecule has 1 atom stereocenters. The molecule has 0 fully saturated rings. The number of amides is 1. The Bertz CT molecular complexity index is 1080. The van der Waals surface area contributed by atoms with E-state index in [1.165, 1.54) is 17.2 Å². The maximum absolute atomic E-state index is 12.6. The summed E-state index contributed by atoms with van der Waals surface area (Å²) >= 11 is 0. The van der Waals surface area contributed by atoms with Crippen LogP contribution in [0.1, 0.15) is 22.9 Å². The predicted octanol–water partition coefficient (Wildman–Crippen LogP) is 6.06. The van der Waals surface area contributed by atoms with Crippen molar-refractivity contribution in [2.24, 2.45) is 0 Å². The molecule has 0 radical (unpaired) electrons. The zero-order valence-electron chi connectivity index (χ0n) is 16.6. The highest BCUT2D eigenvalue weighted by molar-refractivity contribution is 5.91. The lowest BCUT2D eigenvalue weighted by Crippen LogP contribution is -2.28. The fraction of sp³-hybridized carbons (Fsp3) is 0.0741. The molecule has 148 valence electrons. The Labute approximate surface area is 176 Å². The molecule has 30 heavy (non-hydrogen) atoms. The first-order valence-corrected chi connectivity index (χ1v) is 9.99. The number of carbonyl (C=O) groups excluding carboxylic acids is 1. The molecule has 0 saturated carbocycles. The Morgan fingerprint density at radius 1 is 0.800 bits per heavy atom. The van der Waals surface area contributed by atoms with Crippen LogP contribution in [0.3, 0.4) is 0 Å². The standard InChI is InChI=1S/C27H23NO2/c29-27(18-17-25-12-7-19-30-25)28-26(20-21-8-3-1-4-9-21)24-15-13-23(14-16-24)22-10-5-2-6-11-22/h1-19,26H,20H2,(H,28,29)/b18-17+/t26-/m1/s1. The van der Waals surface area contributed by atoms with Crippen LogP contribution in [0, 0.1) is 0 Å². The number of hydrogen-bond donors (Lipinski definition) is 1. The average Bonchev–Trinajstić information content (AvgIpc) is 3.33. The lowest BCUT2D eigenvalue weighted by molar-refractivity contribution is -0.117. The summed E-state index contributed by atoms with van der Waals surface area (Å²) in [5, 5.41) is 3.14. The molecule has 0 saturated heterocycles. The highest BCUT2D eigenvalue weighted by Crippen LogP contribution is 2.24. The summed E-state index contributed by atoms with van der Waals surface area (Å²) in [5.74, 6) is 0.497. The maximum Gasteiger partial charge on any atom is 0.244 e. The van der Waals surface area contributed by atoms with Gasteiger partial charge in [0, 0.05) is 6.08 Å². The van der Waals surface area contributed by atoms with Gasteiger partial charge in [0.2, 0.25) is 5.91 Å². The van der Waals surface area contributed by atoms with E-state index in [4.69, 9.17) is 4.42 Å². The van der Waals surface area contributed by atoms with Crippen LogP contribution in [-0.2, 0) is 11.2 Å². The Balaban J connectivity index is 1.54. The van der Waals surface area contributed by atoms with Gasteiger partial charge in [-0.05, 0) is 46.9 Å². The van der Waals surface area contributed by atoms with E-state index < -0.39 is 0 Å². The summed E-state index contributed by atoms with van der Waals surface area (Å²) in [5.41, 5.74) is 4.57. The van der Waals surface area contributed by atoms with E-state index >= 15 is 0 Å². The van der Waals surface area contributed by atoms with Gasteiger partial charge >= 0.3 is 0 Å². The van der Waals surface area contributed by atoms with E-state index in [2.05, 4.69) is 53.8 Å². The monoisotopic (exact) mass is 393 g/mol. The highest BCUT2D eigenvalue weighted by atomic mass is 16.3. The molecule has 0 aliphatic heterocycles. The fourth-order valence-corrected chi connectivity index (χ4v) is 3.40. The molecule has 0 spiro atoms. The zero-order chi connectivity index (χ0) is 20.6. The molecule has 3 nitrogen and oxygen atoms in total. The van der Waals surface area contributed by atoms with Crippen molar-refractivity contribution >= 4 is 12.0 Å². The van der Waals surface area contributed by atoms with E-state index in [1.54, 1.807) is 18.4 Å². The second kappa shape index (κ2) is 9.57. The third-order valence-corrected chi connectivity index (χ3v) is 4.96. The molecule has 1 amide bonds. The number of benzene rings is 3. The van der Waals surface area contributed by atoms with Gasteiger partial charge in [0.15, 0.2) is 0 Å². The normalized spacial score (nSPS) is 12.0. The molecule has 1 heterocycles. The van der Waals surface area contributed by atoms with Crippen LogP contribution in [0.25, 0.3) is 17.2 Å². The average molecular weight is 393 g/mol. The molecule has 0 bridgehead atoms.